The summed E-state index contributed by atoms with van der Waals surface area (Å²) >= 11 is 1.55. The number of hydrogen-bond donors (Lipinski definition) is 2. The highest BCUT2D eigenvalue weighted by atomic mass is 32.2. The van der Waals surface area contributed by atoms with Crippen molar-refractivity contribution in [2.45, 2.75) is 10.8 Å². The molecule has 4 aromatic rings. The molecular weight excluding hydrogens is 392 g/mol. The summed E-state index contributed by atoms with van der Waals surface area (Å²) in [4.78, 5) is 15.9. The molecule has 0 radical (unpaired) electrons. The van der Waals surface area contributed by atoms with Gasteiger partial charge < -0.3 is 10.8 Å². The molecule has 0 aliphatic rings. The molecule has 4 nitrogen and oxygen atoms in total. The van der Waals surface area contributed by atoms with Gasteiger partial charge in [-0.25, -0.2) is 9.78 Å². The van der Waals surface area contributed by atoms with Gasteiger partial charge in [-0.05, 0) is 29.3 Å². The highest BCUT2D eigenvalue weighted by Crippen LogP contribution is 2.37. The Labute approximate surface area is 179 Å². The fraction of sp³-hybridized carbons (Fsp3) is 0.0400. The van der Waals surface area contributed by atoms with Crippen LogP contribution in [0.5, 0.6) is 0 Å². The maximum Gasteiger partial charge on any atom is 0.335 e. The lowest BCUT2D eigenvalue weighted by Gasteiger charge is -2.14. The molecule has 0 atom stereocenters. The first kappa shape index (κ1) is 19.7. The second kappa shape index (κ2) is 8.84. The van der Waals surface area contributed by atoms with Gasteiger partial charge in [0, 0.05) is 16.9 Å². The van der Waals surface area contributed by atoms with Crippen molar-refractivity contribution < 1.29 is 9.90 Å². The lowest BCUT2D eigenvalue weighted by atomic mass is 10.0. The molecule has 0 saturated heterocycles. The molecule has 0 amide bonds. The topological polar surface area (TPSA) is 76.2 Å². The smallest absolute Gasteiger partial charge is 0.335 e. The number of carbonyl (C=O) groups is 1. The molecule has 0 fully saturated rings. The zero-order chi connectivity index (χ0) is 20.9. The molecule has 30 heavy (non-hydrogen) atoms. The minimum atomic E-state index is -0.928. The van der Waals surface area contributed by atoms with Crippen molar-refractivity contribution in [3.63, 3.8) is 0 Å². The summed E-state index contributed by atoms with van der Waals surface area (Å²) in [7, 11) is 0. The molecule has 0 aliphatic heterocycles. The van der Waals surface area contributed by atoms with Gasteiger partial charge >= 0.3 is 5.97 Å². The number of nitrogens with zero attached hydrogens (tertiary/aromatic N) is 1. The van der Waals surface area contributed by atoms with Crippen LogP contribution >= 0.6 is 11.8 Å². The minimum Gasteiger partial charge on any atom is -0.478 e. The highest BCUT2D eigenvalue weighted by Gasteiger charge is 2.14. The summed E-state index contributed by atoms with van der Waals surface area (Å²) < 4.78 is 0. The number of carboxylic acids is 1. The molecule has 5 heteroatoms. The molecule has 3 aromatic carbocycles. The normalized spacial score (nSPS) is 10.7. The van der Waals surface area contributed by atoms with Crippen LogP contribution in [0.25, 0.3) is 22.4 Å². The highest BCUT2D eigenvalue weighted by molar-refractivity contribution is 7.98. The number of nitrogens with two attached hydrogens (primary N) is 1. The van der Waals surface area contributed by atoms with E-state index in [2.05, 4.69) is 0 Å². The zero-order valence-electron chi connectivity index (χ0n) is 16.2. The first-order valence-electron chi connectivity index (χ1n) is 9.48. The second-order valence-electron chi connectivity index (χ2n) is 6.80. The second-order valence-corrected chi connectivity index (χ2v) is 7.76. The van der Waals surface area contributed by atoms with Crippen molar-refractivity contribution >= 4 is 23.4 Å². The molecule has 0 aliphatic carbocycles. The van der Waals surface area contributed by atoms with E-state index >= 15 is 0 Å². The van der Waals surface area contributed by atoms with Crippen molar-refractivity contribution in [3.8, 4) is 22.4 Å². The maximum atomic E-state index is 11.0. The average molecular weight is 413 g/mol. The van der Waals surface area contributed by atoms with Crippen LogP contribution in [0.15, 0.2) is 96.0 Å². The van der Waals surface area contributed by atoms with Gasteiger partial charge in [0.15, 0.2) is 0 Å². The first-order chi connectivity index (χ1) is 14.6. The minimum absolute atomic E-state index is 0.277. The van der Waals surface area contributed by atoms with Gasteiger partial charge in [0.25, 0.3) is 0 Å². The third kappa shape index (κ3) is 4.36. The third-order valence-corrected chi connectivity index (χ3v) is 5.82. The average Bonchev–Trinajstić information content (AvgIpc) is 2.80. The Morgan fingerprint density at radius 3 is 2.07 bits per heavy atom. The van der Waals surface area contributed by atoms with Crippen molar-refractivity contribution in [2.75, 3.05) is 5.73 Å². The fourth-order valence-electron chi connectivity index (χ4n) is 3.15. The van der Waals surface area contributed by atoms with Crippen LogP contribution < -0.4 is 5.73 Å². The number of pyridine rings is 1. The third-order valence-electron chi connectivity index (χ3n) is 4.75. The summed E-state index contributed by atoms with van der Waals surface area (Å²) in [6, 6.07) is 29.0. The Kier molecular flexibility index (Phi) is 5.82. The number of benzene rings is 3. The summed E-state index contributed by atoms with van der Waals surface area (Å²) in [5.74, 6) is -0.285. The van der Waals surface area contributed by atoms with E-state index in [9.17, 15) is 4.79 Å². The summed E-state index contributed by atoms with van der Waals surface area (Å²) in [6.45, 7) is 0. The van der Waals surface area contributed by atoms with Gasteiger partial charge in [-0.2, -0.15) is 0 Å². The Bertz CT molecular complexity index is 1160. The van der Waals surface area contributed by atoms with Crippen molar-refractivity contribution in [1.29, 1.82) is 0 Å². The first-order valence-corrected chi connectivity index (χ1v) is 10.5. The number of rotatable bonds is 6. The number of aromatic nitrogens is 1. The molecule has 0 spiro atoms. The van der Waals surface area contributed by atoms with Gasteiger partial charge in [-0.3, -0.25) is 0 Å². The Balaban J connectivity index is 1.70. The fourth-order valence-corrected chi connectivity index (χ4v) is 4.07. The zero-order valence-corrected chi connectivity index (χ0v) is 17.0. The number of aromatic carboxylic acids is 1. The molecule has 148 valence electrons. The van der Waals surface area contributed by atoms with Crippen LogP contribution in [0.2, 0.25) is 0 Å². The van der Waals surface area contributed by atoms with E-state index in [0.717, 1.165) is 33.0 Å². The quantitative estimate of drug-likeness (QED) is 0.381. The van der Waals surface area contributed by atoms with E-state index in [1.807, 2.05) is 78.9 Å². The Morgan fingerprint density at radius 1 is 0.867 bits per heavy atom. The predicted molar refractivity (Wildman–Crippen MR) is 122 cm³/mol. The van der Waals surface area contributed by atoms with E-state index in [1.165, 1.54) is 0 Å². The molecule has 0 saturated carbocycles. The number of thioether (sulfide) groups is 1. The van der Waals surface area contributed by atoms with Crippen molar-refractivity contribution in [2.24, 2.45) is 0 Å². The van der Waals surface area contributed by atoms with Crippen molar-refractivity contribution in [1.82, 2.24) is 4.98 Å². The summed E-state index contributed by atoms with van der Waals surface area (Å²) in [5, 5.41) is 9.83. The molecule has 0 unspecified atom stereocenters. The van der Waals surface area contributed by atoms with E-state index in [-0.39, 0.29) is 5.56 Å². The maximum absolute atomic E-state index is 11.0. The Hall–Kier alpha value is -3.57. The van der Waals surface area contributed by atoms with E-state index in [0.29, 0.717) is 11.4 Å². The van der Waals surface area contributed by atoms with Crippen LogP contribution in [-0.4, -0.2) is 16.1 Å². The van der Waals surface area contributed by atoms with E-state index in [4.69, 9.17) is 15.8 Å². The standard InChI is InChI=1S/C25H20N2O2S/c26-23-21(18-7-3-1-4-8-18)15-22(19-9-5-2-6-10-19)27-24(23)30-16-17-11-13-20(14-12-17)25(28)29/h1-15H,16,26H2,(H,28,29). The van der Waals surface area contributed by atoms with E-state index < -0.39 is 5.97 Å². The SMILES string of the molecule is Nc1c(-c2ccccc2)cc(-c2ccccc2)nc1SCc1ccc(C(=O)O)cc1. The van der Waals surface area contributed by atoms with Crippen LogP contribution in [0.4, 0.5) is 5.69 Å². The molecule has 3 N–H and O–H groups in total. The molecular formula is C25H20N2O2S. The van der Waals surface area contributed by atoms with Crippen LogP contribution in [0.3, 0.4) is 0 Å². The van der Waals surface area contributed by atoms with Crippen LogP contribution in [0, 0.1) is 0 Å². The number of nitrogen functional groups attached to an aromatic ring is 1. The number of carboxylic acid groups (broad SMARTS) is 1. The largest absolute Gasteiger partial charge is 0.478 e. The van der Waals surface area contributed by atoms with Gasteiger partial charge in [0.05, 0.1) is 16.9 Å². The van der Waals surface area contributed by atoms with Gasteiger partial charge in [0.1, 0.15) is 5.03 Å². The van der Waals surface area contributed by atoms with Gasteiger partial charge in [-0.15, -0.1) is 0 Å². The predicted octanol–water partition coefficient (Wildman–Crippen LogP) is 5.99. The van der Waals surface area contributed by atoms with Gasteiger partial charge in [-0.1, -0.05) is 84.6 Å². The van der Waals surface area contributed by atoms with E-state index in [1.54, 1.807) is 23.9 Å². The molecule has 1 heterocycles. The Morgan fingerprint density at radius 2 is 1.47 bits per heavy atom. The number of anilines is 1. The van der Waals surface area contributed by atoms with Crippen LogP contribution in [0.1, 0.15) is 15.9 Å². The monoisotopic (exact) mass is 412 g/mol. The summed E-state index contributed by atoms with van der Waals surface area (Å²) in [6.07, 6.45) is 0. The molecule has 1 aromatic heterocycles. The number of hydrogen-bond acceptors (Lipinski definition) is 4. The molecule has 0 bridgehead atoms. The summed E-state index contributed by atoms with van der Waals surface area (Å²) in [5.41, 5.74) is 12.4. The molecule has 4 rings (SSSR count). The van der Waals surface area contributed by atoms with Gasteiger partial charge in [0.2, 0.25) is 0 Å². The lowest BCUT2D eigenvalue weighted by Crippen LogP contribution is -1.99. The lowest BCUT2D eigenvalue weighted by molar-refractivity contribution is 0.0697. The van der Waals surface area contributed by atoms with Crippen LogP contribution in [-0.2, 0) is 5.75 Å². The van der Waals surface area contributed by atoms with Crippen molar-refractivity contribution in [3.05, 3.63) is 102 Å².